The second-order valence-electron chi connectivity index (χ2n) is 6.78. The molecule has 0 radical (unpaired) electrons. The van der Waals surface area contributed by atoms with Gasteiger partial charge in [-0.2, -0.15) is 18.4 Å². The van der Waals surface area contributed by atoms with Crippen molar-refractivity contribution in [1.29, 1.82) is 5.26 Å². The molecule has 0 bridgehead atoms. The molecule has 1 saturated carbocycles. The van der Waals surface area contributed by atoms with Crippen LogP contribution in [0.3, 0.4) is 0 Å². The van der Waals surface area contributed by atoms with E-state index in [0.717, 1.165) is 0 Å². The van der Waals surface area contributed by atoms with Crippen LogP contribution < -0.4 is 21.3 Å². The van der Waals surface area contributed by atoms with Crippen LogP contribution in [0.1, 0.15) is 36.0 Å². The number of anilines is 3. The lowest BCUT2D eigenvalue weighted by molar-refractivity contribution is -0.182. The average Bonchev–Trinajstić information content (AvgIpc) is 2.61. The molecule has 1 aromatic rings. The maximum absolute atomic E-state index is 12.8. The van der Waals surface area contributed by atoms with Crippen molar-refractivity contribution in [3.8, 4) is 6.07 Å². The Balaban J connectivity index is 2.16. The number of carbonyl (C=O) groups excluding carboxylic acids is 1. The molecule has 0 saturated heterocycles. The van der Waals surface area contributed by atoms with E-state index in [9.17, 15) is 18.0 Å². The maximum atomic E-state index is 12.8. The van der Waals surface area contributed by atoms with E-state index < -0.39 is 18.0 Å². The summed E-state index contributed by atoms with van der Waals surface area (Å²) in [5, 5.41) is 14.7. The van der Waals surface area contributed by atoms with E-state index in [0.29, 0.717) is 22.6 Å². The quantitative estimate of drug-likeness (QED) is 0.536. The molecule has 148 valence electrons. The second-order valence-corrected chi connectivity index (χ2v) is 6.78. The highest BCUT2D eigenvalue weighted by Crippen LogP contribution is 2.37. The fraction of sp³-hybridized carbons (Fsp3) is 0.556. The number of nitrogens with two attached hydrogens (primary N) is 1. The zero-order valence-corrected chi connectivity index (χ0v) is 15.4. The van der Waals surface area contributed by atoms with Gasteiger partial charge >= 0.3 is 6.18 Å². The first-order valence-corrected chi connectivity index (χ1v) is 8.74. The molecule has 9 heteroatoms. The van der Waals surface area contributed by atoms with E-state index in [2.05, 4.69) is 10.6 Å². The smallest absolute Gasteiger partial charge is 0.391 e. The molecule has 0 spiro atoms. The molecule has 1 aliphatic carbocycles. The summed E-state index contributed by atoms with van der Waals surface area (Å²) in [5.41, 5.74) is 7.77. The van der Waals surface area contributed by atoms with Gasteiger partial charge in [0.15, 0.2) is 0 Å². The van der Waals surface area contributed by atoms with Gasteiger partial charge in [-0.25, -0.2) is 0 Å². The van der Waals surface area contributed by atoms with Gasteiger partial charge in [-0.15, -0.1) is 0 Å². The number of hydrogen-bond acceptors (Lipinski definition) is 5. The van der Waals surface area contributed by atoms with Crippen LogP contribution >= 0.6 is 0 Å². The fourth-order valence-electron chi connectivity index (χ4n) is 3.34. The number of hydrogen-bond donors (Lipinski definition) is 3. The van der Waals surface area contributed by atoms with Crippen molar-refractivity contribution in [1.82, 2.24) is 5.32 Å². The Kier molecular flexibility index (Phi) is 6.41. The Bertz CT molecular complexity index is 721. The third kappa shape index (κ3) is 4.96. The average molecular weight is 383 g/mol. The summed E-state index contributed by atoms with van der Waals surface area (Å²) in [4.78, 5) is 14.4. The molecule has 0 heterocycles. The molecule has 1 aliphatic rings. The molecule has 0 aliphatic heterocycles. The lowest BCUT2D eigenvalue weighted by atomic mass is 9.85. The normalized spacial score (nSPS) is 19.9. The van der Waals surface area contributed by atoms with Crippen LogP contribution in [0.5, 0.6) is 0 Å². The van der Waals surface area contributed by atoms with Crippen LogP contribution in [-0.4, -0.2) is 38.8 Å². The van der Waals surface area contributed by atoms with Gasteiger partial charge in [-0.1, -0.05) is 0 Å². The molecule has 2 rings (SSSR count). The van der Waals surface area contributed by atoms with Gasteiger partial charge in [0.1, 0.15) is 6.54 Å². The highest BCUT2D eigenvalue weighted by atomic mass is 19.4. The number of nitrogen functional groups attached to an aromatic ring is 1. The first-order chi connectivity index (χ1) is 12.7. The van der Waals surface area contributed by atoms with E-state index in [1.165, 1.54) is 6.07 Å². The Labute approximate surface area is 156 Å². The number of nitrogens with zero attached hydrogens (tertiary/aromatic N) is 2. The highest BCUT2D eigenvalue weighted by molar-refractivity contribution is 6.02. The number of nitriles is 1. The van der Waals surface area contributed by atoms with Crippen LogP contribution in [0.4, 0.5) is 30.2 Å². The van der Waals surface area contributed by atoms with Crippen LogP contribution in [0, 0.1) is 17.2 Å². The first kappa shape index (κ1) is 20.7. The van der Waals surface area contributed by atoms with Crippen molar-refractivity contribution >= 4 is 23.0 Å². The second kappa shape index (κ2) is 8.37. The molecule has 0 atom stereocenters. The SMILES string of the molecule is CNc1cc(N(C)CC#N)c(C(=O)N[C@H]2CC[C@H](C(F)(F)F)CC2)cc1N. The van der Waals surface area contributed by atoms with Gasteiger partial charge in [0, 0.05) is 20.1 Å². The third-order valence-electron chi connectivity index (χ3n) is 4.93. The van der Waals surface area contributed by atoms with E-state index >= 15 is 0 Å². The first-order valence-electron chi connectivity index (χ1n) is 8.74. The van der Waals surface area contributed by atoms with Crippen molar-refractivity contribution in [3.05, 3.63) is 17.7 Å². The van der Waals surface area contributed by atoms with E-state index in [-0.39, 0.29) is 38.3 Å². The van der Waals surface area contributed by atoms with E-state index in [1.807, 2.05) is 6.07 Å². The highest BCUT2D eigenvalue weighted by Gasteiger charge is 2.41. The topological polar surface area (TPSA) is 94.2 Å². The molecule has 1 aromatic carbocycles. The van der Waals surface area contributed by atoms with Crippen molar-refractivity contribution < 1.29 is 18.0 Å². The number of halogens is 3. The summed E-state index contributed by atoms with van der Waals surface area (Å²) in [7, 11) is 3.37. The summed E-state index contributed by atoms with van der Waals surface area (Å²) in [6, 6.07) is 4.91. The summed E-state index contributed by atoms with van der Waals surface area (Å²) >= 11 is 0. The van der Waals surface area contributed by atoms with Gasteiger partial charge in [0.05, 0.1) is 34.6 Å². The number of nitrogens with one attached hydrogen (secondary N) is 2. The van der Waals surface area contributed by atoms with E-state index in [1.54, 1.807) is 25.1 Å². The van der Waals surface area contributed by atoms with Gasteiger partial charge in [-0.3, -0.25) is 4.79 Å². The molecular weight excluding hydrogens is 359 g/mol. The van der Waals surface area contributed by atoms with Gasteiger partial charge in [0.25, 0.3) is 5.91 Å². The van der Waals surface area contributed by atoms with Crippen LogP contribution in [0.25, 0.3) is 0 Å². The summed E-state index contributed by atoms with van der Waals surface area (Å²) < 4.78 is 38.4. The van der Waals surface area contributed by atoms with Crippen molar-refractivity contribution in [3.63, 3.8) is 0 Å². The number of benzene rings is 1. The lowest BCUT2D eigenvalue weighted by Crippen LogP contribution is -2.40. The largest absolute Gasteiger partial charge is 0.397 e. The monoisotopic (exact) mass is 383 g/mol. The molecule has 4 N–H and O–H groups in total. The van der Waals surface area contributed by atoms with Crippen LogP contribution in [0.2, 0.25) is 0 Å². The number of carbonyl (C=O) groups is 1. The molecule has 6 nitrogen and oxygen atoms in total. The molecule has 1 fully saturated rings. The van der Waals surface area contributed by atoms with Crippen molar-refractivity contribution in [2.24, 2.45) is 5.92 Å². The van der Waals surface area contributed by atoms with Crippen LogP contribution in [-0.2, 0) is 0 Å². The molecule has 1 amide bonds. The number of alkyl halides is 3. The van der Waals surface area contributed by atoms with Gasteiger partial charge in [0.2, 0.25) is 0 Å². The minimum atomic E-state index is -4.18. The number of rotatable bonds is 5. The Hall–Kier alpha value is -2.63. The maximum Gasteiger partial charge on any atom is 0.391 e. The minimum Gasteiger partial charge on any atom is -0.397 e. The zero-order valence-electron chi connectivity index (χ0n) is 15.4. The van der Waals surface area contributed by atoms with Gasteiger partial charge in [-0.05, 0) is 37.8 Å². The third-order valence-corrected chi connectivity index (χ3v) is 4.93. The van der Waals surface area contributed by atoms with E-state index in [4.69, 9.17) is 11.0 Å². The van der Waals surface area contributed by atoms with Gasteiger partial charge < -0.3 is 21.3 Å². The molecule has 27 heavy (non-hydrogen) atoms. The summed E-state index contributed by atoms with van der Waals surface area (Å²) in [6.07, 6.45) is -3.60. The van der Waals surface area contributed by atoms with Crippen molar-refractivity contribution in [2.45, 2.75) is 37.9 Å². The summed E-state index contributed by atoms with van der Waals surface area (Å²) in [5.74, 6) is -1.70. The predicted molar refractivity (Wildman–Crippen MR) is 98.6 cm³/mol. The fourth-order valence-corrected chi connectivity index (χ4v) is 3.34. The number of amides is 1. The molecule has 0 aromatic heterocycles. The van der Waals surface area contributed by atoms with Crippen molar-refractivity contribution in [2.75, 3.05) is 36.6 Å². The zero-order chi connectivity index (χ0) is 20.2. The molecular formula is C18H24F3N5O. The molecule has 0 unspecified atom stereocenters. The Morgan fingerprint density at radius 1 is 1.33 bits per heavy atom. The Morgan fingerprint density at radius 3 is 2.48 bits per heavy atom. The Morgan fingerprint density at radius 2 is 1.96 bits per heavy atom. The standard InChI is InChI=1S/C18H24F3N5O/c1-24-15-10-16(26(2)8-7-22)13(9-14(15)23)17(27)25-12-5-3-11(4-6-12)18(19,20)21/h9-12,24H,3-6,8,23H2,1-2H3,(H,25,27)/t11-,12-. The summed E-state index contributed by atoms with van der Waals surface area (Å²) in [6.45, 7) is 0.0735. The lowest BCUT2D eigenvalue weighted by Gasteiger charge is -2.30. The minimum absolute atomic E-state index is 0.0104. The van der Waals surface area contributed by atoms with Crippen LogP contribution in [0.15, 0.2) is 12.1 Å². The predicted octanol–water partition coefficient (Wildman–Crippen LogP) is 3.12.